The third-order valence-electron chi connectivity index (χ3n) is 5.92. The van der Waals surface area contributed by atoms with Gasteiger partial charge in [-0.05, 0) is 66.2 Å². The molecule has 2 heterocycles. The van der Waals surface area contributed by atoms with Crippen molar-refractivity contribution in [2.45, 2.75) is 12.8 Å². The third-order valence-corrected chi connectivity index (χ3v) is 5.92. The highest BCUT2D eigenvalue weighted by atomic mass is 19.4. The van der Waals surface area contributed by atoms with Crippen LogP contribution < -0.4 is 9.47 Å². The summed E-state index contributed by atoms with van der Waals surface area (Å²) in [5, 5.41) is 21.8. The Morgan fingerprint density at radius 3 is 2.27 bits per heavy atom. The fourth-order valence-electron chi connectivity index (χ4n) is 4.00. The quantitative estimate of drug-likeness (QED) is 0.221. The zero-order chi connectivity index (χ0) is 29.0. The summed E-state index contributed by atoms with van der Waals surface area (Å²) in [5.74, 6) is -0.309. The fourth-order valence-corrected chi connectivity index (χ4v) is 4.00. The highest BCUT2D eigenvalue weighted by Crippen LogP contribution is 2.35. The highest BCUT2D eigenvalue weighted by Gasteiger charge is 2.41. The summed E-state index contributed by atoms with van der Waals surface area (Å²) in [4.78, 5) is 15.7. The Morgan fingerprint density at radius 2 is 1.61 bits per heavy atom. The molecule has 0 radical (unpaired) electrons. The van der Waals surface area contributed by atoms with Gasteiger partial charge >= 0.3 is 12.1 Å². The van der Waals surface area contributed by atoms with Crippen molar-refractivity contribution in [1.82, 2.24) is 14.8 Å². The molecule has 5 rings (SSSR count). The molecule has 0 aliphatic heterocycles. The average molecular weight is 557 g/mol. The van der Waals surface area contributed by atoms with Crippen LogP contribution in [0.15, 0.2) is 97.2 Å². The van der Waals surface area contributed by atoms with E-state index < -0.39 is 23.4 Å². The van der Waals surface area contributed by atoms with E-state index in [1.807, 2.05) is 12.1 Å². The van der Waals surface area contributed by atoms with Crippen molar-refractivity contribution in [1.29, 1.82) is 5.26 Å². The van der Waals surface area contributed by atoms with E-state index in [4.69, 9.17) is 14.7 Å². The molecule has 0 fully saturated rings. The largest absolute Gasteiger partial charge is 0.488 e. The highest BCUT2D eigenvalue weighted by molar-refractivity contribution is 5.89. The molecule has 2 aromatic heterocycles. The Balaban J connectivity index is 1.35. The fraction of sp³-hybridized carbons (Fsp3) is 0.0667. The first kappa shape index (κ1) is 27.0. The summed E-state index contributed by atoms with van der Waals surface area (Å²) in [6.07, 6.45) is -4.32. The van der Waals surface area contributed by atoms with Crippen molar-refractivity contribution in [3.8, 4) is 40.4 Å². The number of carboxylic acid groups (broad SMARTS) is 1. The SMILES string of the molecule is N#Cc1ccc(Oc2ccc(COc3ccccc3-c3cccc(-n4ncc(C(=O)O)c4C(F)(F)F)n3)cc2)cc1. The third kappa shape index (κ3) is 6.02. The van der Waals surface area contributed by atoms with Gasteiger partial charge in [0.2, 0.25) is 0 Å². The molecule has 3 aromatic carbocycles. The minimum Gasteiger partial charge on any atom is -0.488 e. The number of pyridine rings is 1. The van der Waals surface area contributed by atoms with Crippen LogP contribution in [0.5, 0.6) is 17.2 Å². The van der Waals surface area contributed by atoms with Gasteiger partial charge in [-0.25, -0.2) is 14.5 Å². The number of aromatic carboxylic acids is 1. The van der Waals surface area contributed by atoms with Crippen molar-refractivity contribution < 1.29 is 32.5 Å². The van der Waals surface area contributed by atoms with Crippen LogP contribution >= 0.6 is 0 Å². The summed E-state index contributed by atoms with van der Waals surface area (Å²) >= 11 is 0. The standard InChI is InChI=1S/C30H19F3N4O4/c31-30(32,33)28-24(29(38)39)17-35-37(28)27-7-3-5-25(36-27)23-4-1-2-6-26(23)40-18-20-10-14-22(15-11-20)41-21-12-8-19(16-34)9-13-21/h1-15,17H,18H2,(H,38,39). The first-order valence-electron chi connectivity index (χ1n) is 12.1. The zero-order valence-corrected chi connectivity index (χ0v) is 21.0. The minimum atomic E-state index is -4.97. The van der Waals surface area contributed by atoms with Crippen LogP contribution in [0.1, 0.15) is 27.2 Å². The Morgan fingerprint density at radius 1 is 0.927 bits per heavy atom. The van der Waals surface area contributed by atoms with Crippen LogP contribution in [0.25, 0.3) is 17.1 Å². The number of para-hydroxylation sites is 1. The molecule has 0 saturated heterocycles. The van der Waals surface area contributed by atoms with Gasteiger partial charge in [-0.15, -0.1) is 0 Å². The predicted octanol–water partition coefficient (Wildman–Crippen LogP) is 6.89. The van der Waals surface area contributed by atoms with Crippen LogP contribution in [0.4, 0.5) is 13.2 Å². The number of aromatic nitrogens is 3. The Kier molecular flexibility index (Phi) is 7.39. The second-order valence-corrected chi connectivity index (χ2v) is 8.67. The van der Waals surface area contributed by atoms with Crippen molar-refractivity contribution in [2.75, 3.05) is 0 Å². The average Bonchev–Trinajstić information content (AvgIpc) is 3.44. The summed E-state index contributed by atoms with van der Waals surface area (Å²) in [6.45, 7) is 0.188. The van der Waals surface area contributed by atoms with Crippen LogP contribution in [0.3, 0.4) is 0 Å². The molecule has 5 aromatic rings. The maximum Gasteiger partial charge on any atom is 0.434 e. The molecule has 204 valence electrons. The normalized spacial score (nSPS) is 11.1. The van der Waals surface area contributed by atoms with Gasteiger partial charge in [0.15, 0.2) is 11.5 Å². The molecule has 0 aliphatic carbocycles. The summed E-state index contributed by atoms with van der Waals surface area (Å²) < 4.78 is 53.4. The monoisotopic (exact) mass is 556 g/mol. The van der Waals surface area contributed by atoms with E-state index in [0.29, 0.717) is 44.9 Å². The molecule has 41 heavy (non-hydrogen) atoms. The van der Waals surface area contributed by atoms with Crippen LogP contribution in [0.2, 0.25) is 0 Å². The van der Waals surface area contributed by atoms with Crippen molar-refractivity contribution in [2.24, 2.45) is 0 Å². The van der Waals surface area contributed by atoms with Gasteiger partial charge < -0.3 is 14.6 Å². The second kappa shape index (κ2) is 11.2. The van der Waals surface area contributed by atoms with E-state index in [2.05, 4.69) is 16.2 Å². The van der Waals surface area contributed by atoms with Gasteiger partial charge in [0.1, 0.15) is 29.4 Å². The number of nitrogens with zero attached hydrogens (tertiary/aromatic N) is 4. The number of rotatable bonds is 8. The van der Waals surface area contributed by atoms with Crippen LogP contribution in [0, 0.1) is 11.3 Å². The Labute approximate surface area is 231 Å². The van der Waals surface area contributed by atoms with Gasteiger partial charge in [0.05, 0.1) is 23.5 Å². The Hall–Kier alpha value is -5.63. The van der Waals surface area contributed by atoms with Gasteiger partial charge in [-0.3, -0.25) is 0 Å². The molecule has 0 aliphatic rings. The molecule has 0 spiro atoms. The maximum absolute atomic E-state index is 13.7. The number of hydrogen-bond donors (Lipinski definition) is 1. The molecule has 0 bridgehead atoms. The Bertz CT molecular complexity index is 1740. The summed E-state index contributed by atoms with van der Waals surface area (Å²) in [6, 6.07) is 27.3. The molecule has 0 saturated carbocycles. The lowest BCUT2D eigenvalue weighted by Crippen LogP contribution is -2.18. The van der Waals surface area contributed by atoms with E-state index in [9.17, 15) is 23.1 Å². The molecular formula is C30H19F3N4O4. The number of ether oxygens (including phenoxy) is 2. The van der Waals surface area contributed by atoms with Gasteiger partial charge in [-0.1, -0.05) is 30.3 Å². The van der Waals surface area contributed by atoms with E-state index in [-0.39, 0.29) is 12.4 Å². The first-order chi connectivity index (χ1) is 19.7. The minimum absolute atomic E-state index is 0.188. The number of halogens is 3. The number of nitriles is 1. The molecule has 0 unspecified atom stereocenters. The second-order valence-electron chi connectivity index (χ2n) is 8.67. The number of carboxylic acids is 1. The number of alkyl halides is 3. The molecule has 11 heteroatoms. The van der Waals surface area contributed by atoms with E-state index in [1.165, 1.54) is 12.1 Å². The molecule has 0 atom stereocenters. The van der Waals surface area contributed by atoms with Crippen LogP contribution in [-0.2, 0) is 12.8 Å². The van der Waals surface area contributed by atoms with Crippen molar-refractivity contribution in [3.05, 3.63) is 120 Å². The zero-order valence-electron chi connectivity index (χ0n) is 21.0. The number of carbonyl (C=O) groups is 1. The predicted molar refractivity (Wildman–Crippen MR) is 141 cm³/mol. The molecule has 1 N–H and O–H groups in total. The van der Waals surface area contributed by atoms with Gasteiger partial charge in [0.25, 0.3) is 0 Å². The van der Waals surface area contributed by atoms with Gasteiger partial charge in [-0.2, -0.15) is 23.5 Å². The lowest BCUT2D eigenvalue weighted by atomic mass is 10.1. The number of benzene rings is 3. The van der Waals surface area contributed by atoms with Crippen molar-refractivity contribution >= 4 is 5.97 Å². The first-order valence-corrected chi connectivity index (χ1v) is 12.1. The molecule has 0 amide bonds. The van der Waals surface area contributed by atoms with Crippen molar-refractivity contribution in [3.63, 3.8) is 0 Å². The summed E-state index contributed by atoms with van der Waals surface area (Å²) in [7, 11) is 0. The van der Waals surface area contributed by atoms with E-state index in [0.717, 1.165) is 5.56 Å². The smallest absolute Gasteiger partial charge is 0.434 e. The topological polar surface area (TPSA) is 110 Å². The van der Waals surface area contributed by atoms with Gasteiger partial charge in [0, 0.05) is 5.56 Å². The molecular weight excluding hydrogens is 537 g/mol. The summed E-state index contributed by atoms with van der Waals surface area (Å²) in [5.41, 5.74) is -0.195. The number of hydrogen-bond acceptors (Lipinski definition) is 6. The van der Waals surface area contributed by atoms with Crippen LogP contribution in [-0.4, -0.2) is 25.8 Å². The lowest BCUT2D eigenvalue weighted by molar-refractivity contribution is -0.143. The lowest BCUT2D eigenvalue weighted by Gasteiger charge is -2.14. The van der Waals surface area contributed by atoms with E-state index in [1.54, 1.807) is 66.7 Å². The maximum atomic E-state index is 13.7. The molecule has 8 nitrogen and oxygen atoms in total. The van der Waals surface area contributed by atoms with E-state index >= 15 is 0 Å².